The number of anilines is 2. The van der Waals surface area contributed by atoms with Crippen molar-refractivity contribution in [1.29, 1.82) is 0 Å². The number of hydrogen-bond acceptors (Lipinski definition) is 4. The van der Waals surface area contributed by atoms with Gasteiger partial charge in [0.15, 0.2) is 0 Å². The van der Waals surface area contributed by atoms with Gasteiger partial charge in [-0.05, 0) is 35.9 Å². The van der Waals surface area contributed by atoms with Crippen molar-refractivity contribution in [2.45, 2.75) is 16.2 Å². The van der Waals surface area contributed by atoms with E-state index in [0.29, 0.717) is 11.3 Å². The highest BCUT2D eigenvalue weighted by Crippen LogP contribution is 2.48. The molecule has 2 aliphatic rings. The van der Waals surface area contributed by atoms with Crippen LogP contribution in [-0.4, -0.2) is 15.9 Å². The number of fused-ring (bicyclic) bond motifs is 2. The second kappa shape index (κ2) is 8.22. The third-order valence-corrected chi connectivity index (χ3v) is 7.19. The fourth-order valence-electron chi connectivity index (χ4n) is 3.41. The van der Waals surface area contributed by atoms with Crippen molar-refractivity contribution >= 4 is 69.1 Å². The topological polar surface area (TPSA) is 32.7 Å². The first-order valence-corrected chi connectivity index (χ1v) is 11.5. The number of nitrogens with zero attached hydrogens (tertiary/aromatic N) is 2. The molecule has 0 spiro atoms. The maximum Gasteiger partial charge on any atom is 0.284 e. The molecule has 0 aromatic heterocycles. The maximum atomic E-state index is 12.4. The van der Waals surface area contributed by atoms with E-state index in [1.807, 2.05) is 60.7 Å². The van der Waals surface area contributed by atoms with E-state index in [1.165, 1.54) is 21.6 Å². The molecule has 6 heteroatoms. The van der Waals surface area contributed by atoms with Gasteiger partial charge in [-0.3, -0.25) is 4.79 Å². The Morgan fingerprint density at radius 2 is 1.47 bits per heavy atom. The number of amides is 1. The molecule has 2 aliphatic heterocycles. The average Bonchev–Trinajstić information content (AvgIpc) is 3.11. The lowest BCUT2D eigenvalue weighted by molar-refractivity contribution is -0.113. The van der Waals surface area contributed by atoms with Crippen molar-refractivity contribution in [3.8, 4) is 0 Å². The third kappa shape index (κ3) is 3.74. The number of rotatable bonds is 3. The van der Waals surface area contributed by atoms with Gasteiger partial charge in [0.25, 0.3) is 5.91 Å². The number of thioether (sulfide) groups is 1. The standard InChI is InChI=1S/C24H16N2OS3/c27-24-21(14-16-8-2-1-3-9-16)30-22(25-24)15-23(28)26-17-10-4-6-12-19(17)29-20-13-7-5-11-18(20)26/h1-14H,15H2. The second-order valence-corrected chi connectivity index (χ2v) is 9.45. The highest BCUT2D eigenvalue weighted by atomic mass is 32.2. The predicted molar refractivity (Wildman–Crippen MR) is 131 cm³/mol. The van der Waals surface area contributed by atoms with Gasteiger partial charge in [0.2, 0.25) is 0 Å². The van der Waals surface area contributed by atoms with Crippen molar-refractivity contribution in [3.05, 3.63) is 89.3 Å². The minimum absolute atomic E-state index is 0.198. The molecule has 0 atom stereocenters. The Kier molecular flexibility index (Phi) is 5.29. The van der Waals surface area contributed by atoms with E-state index in [1.54, 1.807) is 11.8 Å². The second-order valence-electron chi connectivity index (χ2n) is 6.78. The van der Waals surface area contributed by atoms with E-state index in [9.17, 15) is 4.79 Å². The summed E-state index contributed by atoms with van der Waals surface area (Å²) in [6.07, 6.45) is 2.33. The Morgan fingerprint density at radius 1 is 0.867 bits per heavy atom. The summed E-state index contributed by atoms with van der Waals surface area (Å²) in [5, 5.41) is 0.736. The zero-order valence-electron chi connectivity index (χ0n) is 15.8. The molecule has 3 aromatic carbocycles. The van der Waals surface area contributed by atoms with Crippen LogP contribution in [0.1, 0.15) is 12.0 Å². The summed E-state index contributed by atoms with van der Waals surface area (Å²) in [7, 11) is 0. The zero-order valence-corrected chi connectivity index (χ0v) is 18.3. The fraction of sp³-hybridized carbons (Fsp3) is 0.0417. The molecule has 3 aromatic rings. The smallest absolute Gasteiger partial charge is 0.284 e. The summed E-state index contributed by atoms with van der Waals surface area (Å²) in [4.78, 5) is 22.5. The number of benzene rings is 3. The maximum absolute atomic E-state index is 12.4. The Morgan fingerprint density at radius 3 is 2.13 bits per heavy atom. The molecule has 2 heterocycles. The average molecular weight is 445 g/mol. The molecule has 0 bridgehead atoms. The highest BCUT2D eigenvalue weighted by molar-refractivity contribution is 8.18. The fourth-order valence-corrected chi connectivity index (χ4v) is 5.81. The van der Waals surface area contributed by atoms with Gasteiger partial charge >= 0.3 is 0 Å². The molecule has 1 amide bonds. The molecule has 0 saturated heterocycles. The number of carbonyl (C=O) groups is 1. The van der Waals surface area contributed by atoms with Crippen LogP contribution < -0.4 is 4.90 Å². The highest BCUT2D eigenvalue weighted by Gasteiger charge is 2.29. The van der Waals surface area contributed by atoms with Crippen molar-refractivity contribution < 1.29 is 4.79 Å². The van der Waals surface area contributed by atoms with E-state index in [-0.39, 0.29) is 5.91 Å². The lowest BCUT2D eigenvalue weighted by atomic mass is 10.2. The first-order valence-electron chi connectivity index (χ1n) is 9.44. The van der Waals surface area contributed by atoms with E-state index >= 15 is 0 Å². The summed E-state index contributed by atoms with van der Waals surface area (Å²) in [6, 6.07) is 26.3. The third-order valence-electron chi connectivity index (χ3n) is 4.75. The van der Waals surface area contributed by atoms with Gasteiger partial charge in [0.1, 0.15) is 0 Å². The molecule has 0 radical (unpaired) electrons. The van der Waals surface area contributed by atoms with Crippen LogP contribution in [0.3, 0.4) is 0 Å². The van der Waals surface area contributed by atoms with Crippen LogP contribution in [-0.2, 0) is 4.79 Å². The van der Waals surface area contributed by atoms with Gasteiger partial charge in [0.05, 0.1) is 26.3 Å². The van der Waals surface area contributed by atoms with Gasteiger partial charge in [-0.15, -0.1) is 0 Å². The molecule has 5 rings (SSSR count). The first kappa shape index (κ1) is 19.3. The Labute approximate surface area is 188 Å². The first-order chi connectivity index (χ1) is 14.7. The lowest BCUT2D eigenvalue weighted by Crippen LogP contribution is -2.28. The molecule has 0 fully saturated rings. The molecule has 0 unspecified atom stereocenters. The number of aliphatic imine (C=N–C) groups is 1. The van der Waals surface area contributed by atoms with Crippen LogP contribution in [0, 0.1) is 0 Å². The molecule has 146 valence electrons. The Balaban J connectivity index is 1.41. The van der Waals surface area contributed by atoms with Crippen LogP contribution in [0.15, 0.2) is 98.6 Å². The quantitative estimate of drug-likeness (QED) is 0.331. The van der Waals surface area contributed by atoms with Gasteiger partial charge in [-0.25, -0.2) is 4.99 Å². The normalized spacial score (nSPS) is 16.3. The summed E-state index contributed by atoms with van der Waals surface area (Å²) < 4.78 is 0. The predicted octanol–water partition coefficient (Wildman–Crippen LogP) is 6.72. The number of carbonyl (C=O) groups excluding carboxylic acids is 1. The molecular weight excluding hydrogens is 428 g/mol. The van der Waals surface area contributed by atoms with Crippen LogP contribution in [0.5, 0.6) is 0 Å². The van der Waals surface area contributed by atoms with Gasteiger partial charge in [-0.1, -0.05) is 90.3 Å². The summed E-state index contributed by atoms with van der Waals surface area (Å²) in [6.45, 7) is 0. The zero-order chi connectivity index (χ0) is 20.5. The molecular formula is C24H16N2OS3. The number of para-hydroxylation sites is 2. The minimum Gasteiger partial charge on any atom is -0.302 e. The van der Waals surface area contributed by atoms with Crippen LogP contribution >= 0.6 is 35.7 Å². The van der Waals surface area contributed by atoms with Crippen molar-refractivity contribution in [1.82, 2.24) is 0 Å². The van der Waals surface area contributed by atoms with Gasteiger partial charge in [-0.2, -0.15) is 0 Å². The van der Waals surface area contributed by atoms with E-state index < -0.39 is 0 Å². The van der Waals surface area contributed by atoms with Gasteiger partial charge < -0.3 is 4.90 Å². The summed E-state index contributed by atoms with van der Waals surface area (Å²) in [5.41, 5.74) is 3.13. The van der Waals surface area contributed by atoms with E-state index in [0.717, 1.165) is 27.0 Å². The van der Waals surface area contributed by atoms with Crippen molar-refractivity contribution in [3.63, 3.8) is 0 Å². The Bertz CT molecular complexity index is 1170. The molecule has 3 nitrogen and oxygen atoms in total. The molecule has 0 saturated carbocycles. The summed E-state index contributed by atoms with van der Waals surface area (Å²) >= 11 is 9.02. The van der Waals surface area contributed by atoms with Gasteiger partial charge in [0, 0.05) is 16.2 Å². The van der Waals surface area contributed by atoms with E-state index in [2.05, 4.69) is 34.2 Å². The van der Waals surface area contributed by atoms with Crippen LogP contribution in [0.4, 0.5) is 11.4 Å². The van der Waals surface area contributed by atoms with Crippen molar-refractivity contribution in [2.24, 2.45) is 4.99 Å². The summed E-state index contributed by atoms with van der Waals surface area (Å²) in [5.74, 6) is -0.198. The monoisotopic (exact) mass is 444 g/mol. The van der Waals surface area contributed by atoms with Crippen LogP contribution in [0.25, 0.3) is 6.08 Å². The number of hydrogen-bond donors (Lipinski definition) is 0. The number of thiocarbonyl (C=S) groups is 1. The molecule has 0 N–H and O–H groups in total. The largest absolute Gasteiger partial charge is 0.302 e. The minimum atomic E-state index is -0.198. The SMILES string of the molecule is O=C1N=C(CC(=S)N2c3ccccc3Sc3ccccc32)SC1=Cc1ccccc1. The molecule has 30 heavy (non-hydrogen) atoms. The van der Waals surface area contributed by atoms with E-state index in [4.69, 9.17) is 12.2 Å². The van der Waals surface area contributed by atoms with Crippen LogP contribution in [0.2, 0.25) is 0 Å². The lowest BCUT2D eigenvalue weighted by Gasteiger charge is -2.32. The van der Waals surface area contributed by atoms with Crippen molar-refractivity contribution in [2.75, 3.05) is 4.90 Å². The Hall–Kier alpha value is -2.67. The molecule has 0 aliphatic carbocycles.